The van der Waals surface area contributed by atoms with Crippen molar-refractivity contribution in [3.63, 3.8) is 0 Å². The molecule has 1 aromatic rings. The lowest BCUT2D eigenvalue weighted by molar-refractivity contribution is -0.114. The van der Waals surface area contributed by atoms with Gasteiger partial charge in [-0.3, -0.25) is 4.79 Å². The Balaban J connectivity index is 2.63. The van der Waals surface area contributed by atoms with Gasteiger partial charge in [0.2, 0.25) is 5.91 Å². The molecule has 0 aliphatic heterocycles. The highest BCUT2D eigenvalue weighted by Crippen LogP contribution is 2.16. The van der Waals surface area contributed by atoms with E-state index in [1.54, 1.807) is 24.3 Å². The van der Waals surface area contributed by atoms with Crippen LogP contribution in [0.3, 0.4) is 0 Å². The Bertz CT molecular complexity index is 415. The van der Waals surface area contributed by atoms with Gasteiger partial charge >= 0.3 is 5.97 Å². The fraction of sp³-hybridized carbons (Fsp3) is 0.429. The topological polar surface area (TPSA) is 55.4 Å². The van der Waals surface area contributed by atoms with Crippen molar-refractivity contribution in [3.8, 4) is 0 Å². The van der Waals surface area contributed by atoms with Gasteiger partial charge in [0, 0.05) is 6.92 Å². The molecule has 0 aromatic heterocycles. The average molecular weight is 249 g/mol. The van der Waals surface area contributed by atoms with Crippen LogP contribution in [-0.4, -0.2) is 18.5 Å². The maximum Gasteiger partial charge on any atom is 0.340 e. The summed E-state index contributed by atoms with van der Waals surface area (Å²) in [6.45, 7) is 3.92. The third kappa shape index (κ3) is 4.57. The van der Waals surface area contributed by atoms with Gasteiger partial charge in [-0.1, -0.05) is 31.9 Å². The molecule has 0 aliphatic rings. The zero-order valence-corrected chi connectivity index (χ0v) is 10.9. The first-order valence-electron chi connectivity index (χ1n) is 6.19. The molecular formula is C14H19NO3. The zero-order chi connectivity index (χ0) is 13.4. The summed E-state index contributed by atoms with van der Waals surface area (Å²) in [4.78, 5) is 22.9. The minimum absolute atomic E-state index is 0.207. The number of carbonyl (C=O) groups is 2. The van der Waals surface area contributed by atoms with Crippen LogP contribution in [-0.2, 0) is 9.53 Å². The zero-order valence-electron chi connectivity index (χ0n) is 10.9. The molecule has 1 rings (SSSR count). The number of benzene rings is 1. The van der Waals surface area contributed by atoms with Crippen LogP contribution < -0.4 is 5.32 Å². The summed E-state index contributed by atoms with van der Waals surface area (Å²) in [6, 6.07) is 6.84. The summed E-state index contributed by atoms with van der Waals surface area (Å²) >= 11 is 0. The van der Waals surface area contributed by atoms with Gasteiger partial charge in [0.25, 0.3) is 0 Å². The molecule has 0 saturated carbocycles. The summed E-state index contributed by atoms with van der Waals surface area (Å²) in [5, 5.41) is 2.62. The molecule has 4 nitrogen and oxygen atoms in total. The number of unbranched alkanes of at least 4 members (excludes halogenated alkanes) is 2. The molecule has 1 amide bonds. The number of hydrogen-bond donors (Lipinski definition) is 1. The highest BCUT2D eigenvalue weighted by Gasteiger charge is 2.12. The fourth-order valence-corrected chi connectivity index (χ4v) is 1.55. The van der Waals surface area contributed by atoms with E-state index >= 15 is 0 Å². The van der Waals surface area contributed by atoms with Crippen LogP contribution in [0.4, 0.5) is 5.69 Å². The molecule has 0 unspecified atom stereocenters. The van der Waals surface area contributed by atoms with E-state index in [0.29, 0.717) is 17.9 Å². The maximum absolute atomic E-state index is 11.8. The lowest BCUT2D eigenvalue weighted by Crippen LogP contribution is -2.13. The Hall–Kier alpha value is -1.84. The summed E-state index contributed by atoms with van der Waals surface area (Å²) in [5.41, 5.74) is 0.884. The van der Waals surface area contributed by atoms with Crippen LogP contribution in [0, 0.1) is 0 Å². The van der Waals surface area contributed by atoms with Crippen molar-refractivity contribution in [3.05, 3.63) is 29.8 Å². The van der Waals surface area contributed by atoms with E-state index in [4.69, 9.17) is 4.74 Å². The van der Waals surface area contributed by atoms with Crippen molar-refractivity contribution in [1.29, 1.82) is 0 Å². The predicted octanol–water partition coefficient (Wildman–Crippen LogP) is 2.99. The third-order valence-electron chi connectivity index (χ3n) is 2.44. The van der Waals surface area contributed by atoms with Crippen molar-refractivity contribution < 1.29 is 14.3 Å². The highest BCUT2D eigenvalue weighted by atomic mass is 16.5. The molecule has 1 N–H and O–H groups in total. The Morgan fingerprint density at radius 2 is 1.94 bits per heavy atom. The molecule has 0 atom stereocenters. The number of amides is 1. The second-order valence-electron chi connectivity index (χ2n) is 4.07. The first-order chi connectivity index (χ1) is 8.65. The Morgan fingerprint density at radius 3 is 2.61 bits per heavy atom. The lowest BCUT2D eigenvalue weighted by atomic mass is 10.2. The quantitative estimate of drug-likeness (QED) is 0.623. The molecule has 18 heavy (non-hydrogen) atoms. The number of carbonyl (C=O) groups excluding carboxylic acids is 2. The van der Waals surface area contributed by atoms with Crippen molar-refractivity contribution in [2.45, 2.75) is 33.1 Å². The normalized spacial score (nSPS) is 9.89. The van der Waals surface area contributed by atoms with Gasteiger partial charge in [-0.05, 0) is 18.6 Å². The first kappa shape index (κ1) is 14.2. The van der Waals surface area contributed by atoms with E-state index in [0.717, 1.165) is 19.3 Å². The summed E-state index contributed by atoms with van der Waals surface area (Å²) in [5.74, 6) is -0.600. The largest absolute Gasteiger partial charge is 0.462 e. The fourth-order valence-electron chi connectivity index (χ4n) is 1.55. The van der Waals surface area contributed by atoms with Crippen LogP contribution in [0.1, 0.15) is 43.5 Å². The number of para-hydroxylation sites is 1. The number of nitrogens with one attached hydrogen (secondary N) is 1. The van der Waals surface area contributed by atoms with Crippen LogP contribution in [0.25, 0.3) is 0 Å². The van der Waals surface area contributed by atoms with Crippen LogP contribution >= 0.6 is 0 Å². The van der Waals surface area contributed by atoms with E-state index in [1.165, 1.54) is 6.92 Å². The summed E-state index contributed by atoms with van der Waals surface area (Å²) < 4.78 is 5.16. The number of esters is 1. The average Bonchev–Trinajstić information content (AvgIpc) is 2.34. The van der Waals surface area contributed by atoms with Crippen LogP contribution in [0.2, 0.25) is 0 Å². The van der Waals surface area contributed by atoms with Gasteiger partial charge < -0.3 is 10.1 Å². The number of rotatable bonds is 6. The van der Waals surface area contributed by atoms with Crippen LogP contribution in [0.5, 0.6) is 0 Å². The molecular weight excluding hydrogens is 230 g/mol. The number of hydrogen-bond acceptors (Lipinski definition) is 3. The maximum atomic E-state index is 11.8. The Kier molecular flexibility index (Phi) is 5.91. The summed E-state index contributed by atoms with van der Waals surface area (Å²) in [7, 11) is 0. The summed E-state index contributed by atoms with van der Waals surface area (Å²) in [6.07, 6.45) is 2.99. The number of ether oxygens (including phenoxy) is 1. The van der Waals surface area contributed by atoms with Crippen molar-refractivity contribution in [1.82, 2.24) is 0 Å². The molecule has 0 spiro atoms. The minimum atomic E-state index is -0.393. The van der Waals surface area contributed by atoms with E-state index in [1.807, 2.05) is 0 Å². The highest BCUT2D eigenvalue weighted by molar-refractivity contribution is 6.00. The van der Waals surface area contributed by atoms with Gasteiger partial charge in [0.1, 0.15) is 0 Å². The van der Waals surface area contributed by atoms with Crippen LogP contribution in [0.15, 0.2) is 24.3 Å². The molecule has 1 aromatic carbocycles. The predicted molar refractivity (Wildman–Crippen MR) is 70.6 cm³/mol. The third-order valence-corrected chi connectivity index (χ3v) is 2.44. The monoisotopic (exact) mass is 249 g/mol. The molecule has 98 valence electrons. The van der Waals surface area contributed by atoms with Gasteiger partial charge in [-0.15, -0.1) is 0 Å². The second-order valence-corrected chi connectivity index (χ2v) is 4.07. The molecule has 0 aliphatic carbocycles. The van der Waals surface area contributed by atoms with Gasteiger partial charge in [-0.25, -0.2) is 4.79 Å². The van der Waals surface area contributed by atoms with E-state index in [9.17, 15) is 9.59 Å². The van der Waals surface area contributed by atoms with Crippen molar-refractivity contribution in [2.24, 2.45) is 0 Å². The molecule has 0 saturated heterocycles. The SMILES string of the molecule is CCCCCOC(=O)c1ccccc1NC(C)=O. The number of anilines is 1. The molecule has 0 bridgehead atoms. The Morgan fingerprint density at radius 1 is 1.22 bits per heavy atom. The standard InChI is InChI=1S/C14H19NO3/c1-3-4-7-10-18-14(17)12-8-5-6-9-13(12)15-11(2)16/h5-6,8-9H,3-4,7,10H2,1-2H3,(H,15,16). The van der Waals surface area contributed by atoms with Gasteiger partial charge in [-0.2, -0.15) is 0 Å². The second kappa shape index (κ2) is 7.48. The van der Waals surface area contributed by atoms with Crippen molar-refractivity contribution in [2.75, 3.05) is 11.9 Å². The molecule has 4 heteroatoms. The Labute approximate surface area is 107 Å². The molecule has 0 heterocycles. The first-order valence-corrected chi connectivity index (χ1v) is 6.19. The molecule has 0 radical (unpaired) electrons. The smallest absolute Gasteiger partial charge is 0.340 e. The minimum Gasteiger partial charge on any atom is -0.462 e. The van der Waals surface area contributed by atoms with Crippen molar-refractivity contribution >= 4 is 17.6 Å². The van der Waals surface area contributed by atoms with E-state index < -0.39 is 5.97 Å². The van der Waals surface area contributed by atoms with E-state index in [2.05, 4.69) is 12.2 Å². The van der Waals surface area contributed by atoms with Gasteiger partial charge in [0.05, 0.1) is 17.9 Å². The lowest BCUT2D eigenvalue weighted by Gasteiger charge is -2.09. The van der Waals surface area contributed by atoms with Gasteiger partial charge in [0.15, 0.2) is 0 Å². The van der Waals surface area contributed by atoms with E-state index in [-0.39, 0.29) is 5.91 Å². The molecule has 0 fully saturated rings.